The van der Waals surface area contributed by atoms with Crippen LogP contribution in [0.2, 0.25) is 0 Å². The van der Waals surface area contributed by atoms with E-state index in [2.05, 4.69) is 13.0 Å². The molecule has 2 heteroatoms. The lowest BCUT2D eigenvalue weighted by Crippen LogP contribution is -1.99. The fraction of sp³-hybridized carbons (Fsp3) is 0.667. The Morgan fingerprint density at radius 1 is 1.07 bits per heavy atom. The highest BCUT2D eigenvalue weighted by Crippen LogP contribution is 1.94. The molecule has 2 nitrogen and oxygen atoms in total. The van der Waals surface area contributed by atoms with Gasteiger partial charge in [0, 0.05) is 6.61 Å². The van der Waals surface area contributed by atoms with E-state index in [1.54, 1.807) is 6.26 Å². The van der Waals surface area contributed by atoms with Gasteiger partial charge in [-0.15, -0.1) is 0 Å². The van der Waals surface area contributed by atoms with Crippen LogP contribution in [-0.4, -0.2) is 19.8 Å². The van der Waals surface area contributed by atoms with Crippen molar-refractivity contribution in [3.8, 4) is 0 Å². The largest absolute Gasteiger partial charge is 0.499 e. The zero-order chi connectivity index (χ0) is 10.5. The summed E-state index contributed by atoms with van der Waals surface area (Å²) >= 11 is 0. The van der Waals surface area contributed by atoms with Crippen molar-refractivity contribution in [2.45, 2.75) is 33.1 Å². The SMILES string of the molecule is CCCC/C=C/C=C/OCCOCC. The number of allylic oxidation sites excluding steroid dienone is 3. The summed E-state index contributed by atoms with van der Waals surface area (Å²) in [5.74, 6) is 0. The standard InChI is InChI=1S/C12H22O2/c1-3-5-6-7-8-9-10-14-12-11-13-4-2/h7-10H,3-6,11-12H2,1-2H3/b8-7+,10-9+. The van der Waals surface area contributed by atoms with Crippen LogP contribution in [0.5, 0.6) is 0 Å². The minimum absolute atomic E-state index is 0.632. The van der Waals surface area contributed by atoms with E-state index in [0.717, 1.165) is 13.0 Å². The quantitative estimate of drug-likeness (QED) is 0.321. The molecule has 0 rings (SSSR count). The van der Waals surface area contributed by atoms with Gasteiger partial charge in [0.2, 0.25) is 0 Å². The van der Waals surface area contributed by atoms with Crippen LogP contribution in [0.15, 0.2) is 24.5 Å². The van der Waals surface area contributed by atoms with Crippen LogP contribution in [0.3, 0.4) is 0 Å². The van der Waals surface area contributed by atoms with Gasteiger partial charge in [-0.2, -0.15) is 0 Å². The molecule has 0 fully saturated rings. The second-order valence-corrected chi connectivity index (χ2v) is 2.97. The Bertz CT molecular complexity index is 150. The lowest BCUT2D eigenvalue weighted by molar-refractivity contribution is 0.0933. The van der Waals surface area contributed by atoms with E-state index < -0.39 is 0 Å². The first-order chi connectivity index (χ1) is 6.91. The first-order valence-electron chi connectivity index (χ1n) is 5.42. The van der Waals surface area contributed by atoms with Crippen LogP contribution in [-0.2, 0) is 9.47 Å². The van der Waals surface area contributed by atoms with Crippen molar-refractivity contribution in [3.05, 3.63) is 24.5 Å². The molecule has 0 saturated carbocycles. The van der Waals surface area contributed by atoms with E-state index in [-0.39, 0.29) is 0 Å². The summed E-state index contributed by atoms with van der Waals surface area (Å²) in [7, 11) is 0. The molecule has 14 heavy (non-hydrogen) atoms. The minimum Gasteiger partial charge on any atom is -0.499 e. The average Bonchev–Trinajstić information content (AvgIpc) is 2.21. The Morgan fingerprint density at radius 3 is 2.64 bits per heavy atom. The topological polar surface area (TPSA) is 18.5 Å². The second-order valence-electron chi connectivity index (χ2n) is 2.97. The summed E-state index contributed by atoms with van der Waals surface area (Å²) < 4.78 is 10.3. The summed E-state index contributed by atoms with van der Waals surface area (Å²) in [5, 5.41) is 0. The van der Waals surface area contributed by atoms with Gasteiger partial charge in [-0.1, -0.05) is 31.9 Å². The summed E-state index contributed by atoms with van der Waals surface area (Å²) in [6.07, 6.45) is 11.5. The van der Waals surface area contributed by atoms with Crippen LogP contribution in [0.4, 0.5) is 0 Å². The van der Waals surface area contributed by atoms with Gasteiger partial charge < -0.3 is 9.47 Å². The zero-order valence-corrected chi connectivity index (χ0v) is 9.37. The van der Waals surface area contributed by atoms with E-state index in [9.17, 15) is 0 Å². The molecule has 0 aromatic heterocycles. The molecule has 0 saturated heterocycles. The third kappa shape index (κ3) is 11.2. The van der Waals surface area contributed by atoms with Crippen molar-refractivity contribution in [2.75, 3.05) is 19.8 Å². The van der Waals surface area contributed by atoms with Crippen LogP contribution in [0.25, 0.3) is 0 Å². The molecule has 0 radical (unpaired) electrons. The molecule has 0 aliphatic heterocycles. The molecule has 0 amide bonds. The van der Waals surface area contributed by atoms with Gasteiger partial charge in [-0.3, -0.25) is 0 Å². The summed E-state index contributed by atoms with van der Waals surface area (Å²) in [5.41, 5.74) is 0. The highest BCUT2D eigenvalue weighted by atomic mass is 16.5. The molecule has 0 aliphatic carbocycles. The number of unbranched alkanes of at least 4 members (excludes halogenated alkanes) is 2. The van der Waals surface area contributed by atoms with Gasteiger partial charge in [0.15, 0.2) is 0 Å². The normalized spacial score (nSPS) is 11.6. The number of hydrogen-bond acceptors (Lipinski definition) is 2. The van der Waals surface area contributed by atoms with Crippen molar-refractivity contribution in [1.82, 2.24) is 0 Å². The molecule has 0 spiro atoms. The molecule has 0 atom stereocenters. The van der Waals surface area contributed by atoms with E-state index in [1.165, 1.54) is 12.8 Å². The molecular weight excluding hydrogens is 176 g/mol. The van der Waals surface area contributed by atoms with Crippen molar-refractivity contribution >= 4 is 0 Å². The predicted molar refractivity (Wildman–Crippen MR) is 60.3 cm³/mol. The van der Waals surface area contributed by atoms with Gasteiger partial charge in [0.05, 0.1) is 12.9 Å². The fourth-order valence-corrected chi connectivity index (χ4v) is 0.917. The first-order valence-corrected chi connectivity index (χ1v) is 5.42. The van der Waals surface area contributed by atoms with Crippen molar-refractivity contribution < 1.29 is 9.47 Å². The maximum Gasteiger partial charge on any atom is 0.111 e. The molecule has 0 heterocycles. The Labute approximate surface area is 87.6 Å². The predicted octanol–water partition coefficient (Wildman–Crippen LogP) is 3.30. The van der Waals surface area contributed by atoms with Crippen LogP contribution < -0.4 is 0 Å². The number of hydrogen-bond donors (Lipinski definition) is 0. The van der Waals surface area contributed by atoms with Gasteiger partial charge in [0.25, 0.3) is 0 Å². The Morgan fingerprint density at radius 2 is 1.93 bits per heavy atom. The molecule has 0 aromatic rings. The summed E-state index contributed by atoms with van der Waals surface area (Å²) in [6.45, 7) is 6.23. The van der Waals surface area contributed by atoms with Crippen molar-refractivity contribution in [2.24, 2.45) is 0 Å². The Kier molecular flexibility index (Phi) is 11.6. The number of rotatable bonds is 9. The first kappa shape index (κ1) is 13.2. The molecule has 0 bridgehead atoms. The molecule has 82 valence electrons. The minimum atomic E-state index is 0.632. The van der Waals surface area contributed by atoms with Gasteiger partial charge in [0.1, 0.15) is 6.61 Å². The maximum absolute atomic E-state index is 5.19. The molecular formula is C12H22O2. The van der Waals surface area contributed by atoms with Crippen molar-refractivity contribution in [1.29, 1.82) is 0 Å². The molecule has 0 aliphatic rings. The third-order valence-electron chi connectivity index (χ3n) is 1.70. The molecule has 0 unspecified atom stereocenters. The van der Waals surface area contributed by atoms with E-state index >= 15 is 0 Å². The van der Waals surface area contributed by atoms with Gasteiger partial charge in [-0.05, 0) is 19.4 Å². The zero-order valence-electron chi connectivity index (χ0n) is 9.37. The van der Waals surface area contributed by atoms with E-state index in [4.69, 9.17) is 9.47 Å². The average molecular weight is 198 g/mol. The highest BCUT2D eigenvalue weighted by Gasteiger charge is 1.81. The smallest absolute Gasteiger partial charge is 0.111 e. The fourth-order valence-electron chi connectivity index (χ4n) is 0.917. The third-order valence-corrected chi connectivity index (χ3v) is 1.70. The summed E-state index contributed by atoms with van der Waals surface area (Å²) in [6, 6.07) is 0. The monoisotopic (exact) mass is 198 g/mol. The molecule has 0 N–H and O–H groups in total. The lowest BCUT2D eigenvalue weighted by Gasteiger charge is -1.99. The lowest BCUT2D eigenvalue weighted by atomic mass is 10.2. The number of ether oxygens (including phenoxy) is 2. The summed E-state index contributed by atoms with van der Waals surface area (Å²) in [4.78, 5) is 0. The van der Waals surface area contributed by atoms with Crippen LogP contribution in [0, 0.1) is 0 Å². The Hall–Kier alpha value is -0.760. The van der Waals surface area contributed by atoms with Gasteiger partial charge in [-0.25, -0.2) is 0 Å². The van der Waals surface area contributed by atoms with E-state index in [0.29, 0.717) is 13.2 Å². The van der Waals surface area contributed by atoms with Crippen LogP contribution in [0.1, 0.15) is 33.1 Å². The Balaban J connectivity index is 3.14. The van der Waals surface area contributed by atoms with Crippen LogP contribution >= 0.6 is 0 Å². The van der Waals surface area contributed by atoms with Gasteiger partial charge >= 0.3 is 0 Å². The second kappa shape index (κ2) is 12.2. The maximum atomic E-state index is 5.19. The van der Waals surface area contributed by atoms with E-state index in [1.807, 2.05) is 19.1 Å². The van der Waals surface area contributed by atoms with Crippen molar-refractivity contribution in [3.63, 3.8) is 0 Å². The molecule has 0 aromatic carbocycles. The highest BCUT2D eigenvalue weighted by molar-refractivity contribution is 4.99.